The van der Waals surface area contributed by atoms with E-state index in [0.717, 1.165) is 0 Å². The van der Waals surface area contributed by atoms with Crippen molar-refractivity contribution < 1.29 is 19.4 Å². The summed E-state index contributed by atoms with van der Waals surface area (Å²) in [6.45, 7) is 4.55. The molecule has 0 aliphatic carbocycles. The molecule has 0 saturated carbocycles. The number of carboxylic acids is 1. The first-order chi connectivity index (χ1) is 10.8. The molecule has 0 amide bonds. The van der Waals surface area contributed by atoms with Gasteiger partial charge < -0.3 is 10.2 Å². The van der Waals surface area contributed by atoms with Crippen molar-refractivity contribution in [3.8, 4) is 0 Å². The van der Waals surface area contributed by atoms with E-state index in [0.29, 0.717) is 42.0 Å². The smallest absolute Gasteiger partial charge is 0.312 e. The number of aliphatic hydroxyl groups is 1. The molecule has 1 aliphatic rings. The second-order valence-corrected chi connectivity index (χ2v) is 6.78. The molecule has 128 valence electrons. The predicted molar refractivity (Wildman–Crippen MR) is 87.0 cm³/mol. The fourth-order valence-electron chi connectivity index (χ4n) is 3.36. The number of halogens is 2. The zero-order valence-corrected chi connectivity index (χ0v) is 14.2. The molecule has 4 nitrogen and oxygen atoms in total. The van der Waals surface area contributed by atoms with Crippen LogP contribution in [0.4, 0.5) is 4.39 Å². The van der Waals surface area contributed by atoms with Gasteiger partial charge in [-0.25, -0.2) is 4.39 Å². The van der Waals surface area contributed by atoms with E-state index in [-0.39, 0.29) is 18.9 Å². The van der Waals surface area contributed by atoms with Gasteiger partial charge in [-0.05, 0) is 37.9 Å². The summed E-state index contributed by atoms with van der Waals surface area (Å²) in [6, 6.07) is 3.29. The molecule has 1 heterocycles. The van der Waals surface area contributed by atoms with Crippen LogP contribution >= 0.6 is 11.6 Å². The first kappa shape index (κ1) is 18.2. The van der Waals surface area contributed by atoms with Crippen LogP contribution in [0.3, 0.4) is 0 Å². The molecule has 1 fully saturated rings. The van der Waals surface area contributed by atoms with Gasteiger partial charge >= 0.3 is 5.97 Å². The first-order valence-electron chi connectivity index (χ1n) is 7.89. The second kappa shape index (κ2) is 7.16. The number of aryl methyl sites for hydroxylation is 1. The monoisotopic (exact) mass is 343 g/mol. The van der Waals surface area contributed by atoms with E-state index in [2.05, 4.69) is 0 Å². The molecule has 1 aliphatic heterocycles. The Morgan fingerprint density at radius 1 is 1.52 bits per heavy atom. The number of aliphatic carboxylic acids is 1. The Morgan fingerprint density at radius 2 is 2.22 bits per heavy atom. The minimum absolute atomic E-state index is 0.204. The summed E-state index contributed by atoms with van der Waals surface area (Å²) >= 11 is 6.09. The van der Waals surface area contributed by atoms with Crippen LogP contribution in [0.5, 0.6) is 0 Å². The van der Waals surface area contributed by atoms with Gasteiger partial charge in [-0.3, -0.25) is 9.69 Å². The van der Waals surface area contributed by atoms with Crippen LogP contribution in [0.15, 0.2) is 12.1 Å². The van der Waals surface area contributed by atoms with E-state index < -0.39 is 17.5 Å². The lowest BCUT2D eigenvalue weighted by Crippen LogP contribution is -2.54. The van der Waals surface area contributed by atoms with E-state index in [1.165, 1.54) is 0 Å². The van der Waals surface area contributed by atoms with E-state index in [9.17, 15) is 19.4 Å². The maximum atomic E-state index is 14.2. The third kappa shape index (κ3) is 3.52. The number of hydrogen-bond donors (Lipinski definition) is 2. The van der Waals surface area contributed by atoms with Crippen molar-refractivity contribution >= 4 is 17.6 Å². The lowest BCUT2D eigenvalue weighted by atomic mass is 9.72. The Morgan fingerprint density at radius 3 is 2.78 bits per heavy atom. The number of benzene rings is 1. The van der Waals surface area contributed by atoms with Gasteiger partial charge in [0.05, 0.1) is 11.5 Å². The number of nitrogens with zero attached hydrogens (tertiary/aromatic N) is 1. The lowest BCUT2D eigenvalue weighted by molar-refractivity contribution is -0.164. The summed E-state index contributed by atoms with van der Waals surface area (Å²) in [5.41, 5.74) is -0.176. The van der Waals surface area contributed by atoms with Crippen LogP contribution in [0, 0.1) is 18.2 Å². The molecule has 2 atom stereocenters. The van der Waals surface area contributed by atoms with E-state index in [4.69, 9.17) is 11.6 Å². The molecule has 1 saturated heterocycles. The molecule has 1 aromatic rings. The summed E-state index contributed by atoms with van der Waals surface area (Å²) in [7, 11) is 0. The molecule has 0 unspecified atom stereocenters. The third-order valence-electron chi connectivity index (χ3n) is 4.83. The zero-order chi connectivity index (χ0) is 17.2. The van der Waals surface area contributed by atoms with Gasteiger partial charge in [0, 0.05) is 23.7 Å². The van der Waals surface area contributed by atoms with Crippen molar-refractivity contribution in [2.75, 3.05) is 13.1 Å². The molecule has 0 spiro atoms. The quantitative estimate of drug-likeness (QED) is 0.861. The number of carboxylic acid groups (broad SMARTS) is 1. The molecular weight excluding hydrogens is 321 g/mol. The van der Waals surface area contributed by atoms with Crippen molar-refractivity contribution in [3.63, 3.8) is 0 Å². The average Bonchev–Trinajstić information content (AvgIpc) is 2.50. The third-order valence-corrected chi connectivity index (χ3v) is 5.18. The minimum atomic E-state index is -1.10. The Balaban J connectivity index is 2.15. The van der Waals surface area contributed by atoms with Gasteiger partial charge in [0.15, 0.2) is 0 Å². The average molecular weight is 344 g/mol. The standard InChI is InChI=1S/C17H23ClFNO3/c1-3-6-17(16(22)23)7-8-20(10-14(17)21)9-12-13(18)5-4-11(2)15(12)19/h4-5,14,21H,3,6-10H2,1-2H3,(H,22,23)/t14-,17-/m0/s1. The Labute approximate surface area is 140 Å². The van der Waals surface area contributed by atoms with Gasteiger partial charge in [0.1, 0.15) is 5.82 Å². The van der Waals surface area contributed by atoms with Crippen LogP contribution in [0.1, 0.15) is 37.3 Å². The van der Waals surface area contributed by atoms with Crippen molar-refractivity contribution in [3.05, 3.63) is 34.1 Å². The first-order valence-corrected chi connectivity index (χ1v) is 8.27. The summed E-state index contributed by atoms with van der Waals surface area (Å²) in [4.78, 5) is 13.5. The van der Waals surface area contributed by atoms with E-state index in [1.54, 1.807) is 19.1 Å². The molecule has 23 heavy (non-hydrogen) atoms. The molecule has 2 rings (SSSR count). The minimum Gasteiger partial charge on any atom is -0.481 e. The highest BCUT2D eigenvalue weighted by Crippen LogP contribution is 2.37. The molecule has 0 bridgehead atoms. The highest BCUT2D eigenvalue weighted by atomic mass is 35.5. The lowest BCUT2D eigenvalue weighted by Gasteiger charge is -2.42. The van der Waals surface area contributed by atoms with E-state index in [1.807, 2.05) is 11.8 Å². The van der Waals surface area contributed by atoms with Crippen LogP contribution in [0.2, 0.25) is 5.02 Å². The molecule has 6 heteroatoms. The number of hydrogen-bond acceptors (Lipinski definition) is 3. The van der Waals surface area contributed by atoms with Gasteiger partial charge in [-0.1, -0.05) is 31.0 Å². The topological polar surface area (TPSA) is 60.8 Å². The summed E-state index contributed by atoms with van der Waals surface area (Å²) in [5.74, 6) is -1.29. The fraction of sp³-hybridized carbons (Fsp3) is 0.588. The molecule has 1 aromatic carbocycles. The highest BCUT2D eigenvalue weighted by molar-refractivity contribution is 6.31. The zero-order valence-electron chi connectivity index (χ0n) is 13.5. The highest BCUT2D eigenvalue weighted by Gasteiger charge is 2.47. The van der Waals surface area contributed by atoms with Crippen LogP contribution in [-0.2, 0) is 11.3 Å². The number of rotatable bonds is 5. The molecule has 0 aromatic heterocycles. The van der Waals surface area contributed by atoms with Gasteiger partial charge in [-0.2, -0.15) is 0 Å². The fourth-order valence-corrected chi connectivity index (χ4v) is 3.56. The largest absolute Gasteiger partial charge is 0.481 e. The van der Waals surface area contributed by atoms with Gasteiger partial charge in [0.25, 0.3) is 0 Å². The molecule has 0 radical (unpaired) electrons. The Bertz CT molecular complexity index is 595. The normalized spacial score (nSPS) is 25.5. The van der Waals surface area contributed by atoms with Crippen molar-refractivity contribution in [2.24, 2.45) is 5.41 Å². The summed E-state index contributed by atoms with van der Waals surface area (Å²) in [6.07, 6.45) is 0.515. The van der Waals surface area contributed by atoms with Crippen molar-refractivity contribution in [1.82, 2.24) is 4.90 Å². The van der Waals surface area contributed by atoms with Crippen LogP contribution < -0.4 is 0 Å². The SMILES string of the molecule is CCC[C@]1(C(=O)O)CCN(Cc2c(Cl)ccc(C)c2F)C[C@@H]1O. The molecule has 2 N–H and O–H groups in total. The predicted octanol–water partition coefficient (Wildman–Crippen LogP) is 3.23. The number of β-amino-alcohol motifs (C(OH)–C–C–N with tert-alkyl or cyclic N) is 1. The van der Waals surface area contributed by atoms with Gasteiger partial charge in [0.2, 0.25) is 0 Å². The Hall–Kier alpha value is -1.17. The van der Waals surface area contributed by atoms with Crippen molar-refractivity contribution in [2.45, 2.75) is 45.8 Å². The number of aliphatic hydroxyl groups excluding tert-OH is 1. The van der Waals surface area contributed by atoms with Crippen LogP contribution in [0.25, 0.3) is 0 Å². The van der Waals surface area contributed by atoms with Crippen LogP contribution in [-0.4, -0.2) is 40.3 Å². The Kier molecular flexibility index (Phi) is 5.65. The summed E-state index contributed by atoms with van der Waals surface area (Å²) < 4.78 is 14.2. The number of piperidine rings is 1. The summed E-state index contributed by atoms with van der Waals surface area (Å²) in [5, 5.41) is 20.3. The number of carbonyl (C=O) groups is 1. The van der Waals surface area contributed by atoms with Gasteiger partial charge in [-0.15, -0.1) is 0 Å². The second-order valence-electron chi connectivity index (χ2n) is 6.37. The maximum Gasteiger partial charge on any atom is 0.312 e. The van der Waals surface area contributed by atoms with E-state index >= 15 is 0 Å². The van der Waals surface area contributed by atoms with Crippen molar-refractivity contribution in [1.29, 1.82) is 0 Å². The molecular formula is C17H23ClFNO3. The maximum absolute atomic E-state index is 14.2. The number of likely N-dealkylation sites (tertiary alicyclic amines) is 1.